The van der Waals surface area contributed by atoms with E-state index in [0.717, 1.165) is 24.1 Å². The molecule has 0 atom stereocenters. The minimum atomic E-state index is -3.72. The summed E-state index contributed by atoms with van der Waals surface area (Å²) >= 11 is 0. The molecule has 2 aromatic heterocycles. The van der Waals surface area contributed by atoms with Crippen LogP contribution in [0.3, 0.4) is 0 Å². The fraction of sp³-hybridized carbons (Fsp3) is 0.211. The summed E-state index contributed by atoms with van der Waals surface area (Å²) < 4.78 is 27.3. The van der Waals surface area contributed by atoms with E-state index in [9.17, 15) is 13.2 Å². The van der Waals surface area contributed by atoms with Gasteiger partial charge in [-0.25, -0.2) is 8.42 Å². The van der Waals surface area contributed by atoms with Gasteiger partial charge in [0.25, 0.3) is 15.9 Å². The number of aromatic amines is 1. The Kier molecular flexibility index (Phi) is 6.05. The van der Waals surface area contributed by atoms with E-state index >= 15 is 0 Å². The van der Waals surface area contributed by atoms with Crippen molar-refractivity contribution in [2.75, 3.05) is 11.3 Å². The van der Waals surface area contributed by atoms with Crippen LogP contribution in [0.5, 0.6) is 0 Å². The lowest BCUT2D eigenvalue weighted by Gasteiger charge is -2.09. The van der Waals surface area contributed by atoms with E-state index in [1.54, 1.807) is 18.3 Å². The van der Waals surface area contributed by atoms with Crippen LogP contribution in [-0.2, 0) is 16.4 Å². The highest BCUT2D eigenvalue weighted by atomic mass is 32.2. The maximum absolute atomic E-state index is 12.4. The zero-order chi connectivity index (χ0) is 20.0. The molecule has 0 saturated carbocycles. The summed E-state index contributed by atoms with van der Waals surface area (Å²) in [5.74, 6) is -0.241. The zero-order valence-electron chi connectivity index (χ0n) is 15.3. The number of nitrogens with one attached hydrogen (secondary N) is 3. The minimum Gasteiger partial charge on any atom is -0.352 e. The fourth-order valence-corrected chi connectivity index (χ4v) is 3.69. The van der Waals surface area contributed by atoms with Crippen molar-refractivity contribution in [1.29, 1.82) is 0 Å². The lowest BCUT2D eigenvalue weighted by molar-refractivity contribution is 0.0953. The first-order valence-electron chi connectivity index (χ1n) is 8.76. The van der Waals surface area contributed by atoms with Crippen LogP contribution in [0.15, 0.2) is 59.9 Å². The molecule has 3 aromatic rings. The molecule has 1 aromatic carbocycles. The van der Waals surface area contributed by atoms with Crippen molar-refractivity contribution < 1.29 is 13.2 Å². The Balaban J connectivity index is 1.54. The summed E-state index contributed by atoms with van der Waals surface area (Å²) in [5, 5.41) is 9.69. The van der Waals surface area contributed by atoms with Gasteiger partial charge in [-0.3, -0.25) is 19.6 Å². The Morgan fingerprint density at radius 2 is 1.82 bits per heavy atom. The first-order chi connectivity index (χ1) is 13.5. The number of rotatable bonds is 8. The Labute approximate surface area is 163 Å². The van der Waals surface area contributed by atoms with Gasteiger partial charge in [0.05, 0.1) is 16.8 Å². The summed E-state index contributed by atoms with van der Waals surface area (Å²) in [7, 11) is -3.72. The van der Waals surface area contributed by atoms with Gasteiger partial charge in [0.15, 0.2) is 0 Å². The van der Waals surface area contributed by atoms with E-state index in [-0.39, 0.29) is 10.8 Å². The number of hydrogen-bond acceptors (Lipinski definition) is 5. The van der Waals surface area contributed by atoms with Crippen molar-refractivity contribution in [2.24, 2.45) is 0 Å². The van der Waals surface area contributed by atoms with E-state index in [2.05, 4.69) is 25.2 Å². The average molecular weight is 399 g/mol. The van der Waals surface area contributed by atoms with Crippen LogP contribution in [0, 0.1) is 6.92 Å². The molecule has 2 heterocycles. The Morgan fingerprint density at radius 1 is 1.11 bits per heavy atom. The maximum atomic E-state index is 12.4. The Bertz CT molecular complexity index is 1030. The number of H-pyrrole nitrogens is 1. The van der Waals surface area contributed by atoms with Crippen LogP contribution < -0.4 is 10.0 Å². The molecule has 8 nitrogen and oxygen atoms in total. The molecule has 0 aliphatic carbocycles. The first-order valence-corrected chi connectivity index (χ1v) is 10.2. The van der Waals surface area contributed by atoms with Gasteiger partial charge >= 0.3 is 0 Å². The number of carbonyl (C=O) groups excluding carboxylic acids is 1. The molecule has 3 N–H and O–H groups in total. The minimum absolute atomic E-state index is 0.0799. The van der Waals surface area contributed by atoms with E-state index in [1.165, 1.54) is 36.7 Å². The standard InChI is InChI=1S/C19H21N5O3S/c1-14-16(13-22-23-14)3-2-10-21-19(25)15-4-6-18(7-5-15)28(26,27)24-17-8-11-20-12-9-17/h4-9,11-13H,2-3,10H2,1H3,(H,20,24)(H,21,25)(H,22,23). The van der Waals surface area contributed by atoms with Gasteiger partial charge in [-0.05, 0) is 61.7 Å². The number of sulfonamides is 1. The van der Waals surface area contributed by atoms with Gasteiger partial charge in [0.1, 0.15) is 0 Å². The lowest BCUT2D eigenvalue weighted by Crippen LogP contribution is -2.24. The number of hydrogen-bond donors (Lipinski definition) is 3. The second-order valence-electron chi connectivity index (χ2n) is 6.25. The molecule has 1 amide bonds. The smallest absolute Gasteiger partial charge is 0.261 e. The number of amides is 1. The number of benzene rings is 1. The molecule has 0 fully saturated rings. The van der Waals surface area contributed by atoms with Crippen molar-refractivity contribution in [1.82, 2.24) is 20.5 Å². The second kappa shape index (κ2) is 8.66. The molecule has 0 aliphatic rings. The molecule has 9 heteroatoms. The lowest BCUT2D eigenvalue weighted by atomic mass is 10.1. The zero-order valence-corrected chi connectivity index (χ0v) is 16.2. The maximum Gasteiger partial charge on any atom is 0.261 e. The highest BCUT2D eigenvalue weighted by molar-refractivity contribution is 7.92. The van der Waals surface area contributed by atoms with Crippen LogP contribution in [0.2, 0.25) is 0 Å². The fourth-order valence-electron chi connectivity index (χ4n) is 2.63. The first kappa shape index (κ1) is 19.6. The normalized spacial score (nSPS) is 11.2. The van der Waals surface area contributed by atoms with Crippen molar-refractivity contribution >= 4 is 21.6 Å². The number of carbonyl (C=O) groups is 1. The highest BCUT2D eigenvalue weighted by Crippen LogP contribution is 2.16. The van der Waals surface area contributed by atoms with Gasteiger partial charge in [-0.2, -0.15) is 5.10 Å². The molecule has 146 valence electrons. The molecule has 0 radical (unpaired) electrons. The van der Waals surface area contributed by atoms with Gasteiger partial charge in [0.2, 0.25) is 0 Å². The molecule has 28 heavy (non-hydrogen) atoms. The van der Waals surface area contributed by atoms with Gasteiger partial charge in [-0.1, -0.05) is 0 Å². The number of aromatic nitrogens is 3. The van der Waals surface area contributed by atoms with Crippen molar-refractivity contribution in [3.8, 4) is 0 Å². The van der Waals surface area contributed by atoms with E-state index in [0.29, 0.717) is 17.8 Å². The number of anilines is 1. The van der Waals surface area contributed by atoms with E-state index in [4.69, 9.17) is 0 Å². The Morgan fingerprint density at radius 3 is 2.46 bits per heavy atom. The van der Waals surface area contributed by atoms with Crippen LogP contribution >= 0.6 is 0 Å². The van der Waals surface area contributed by atoms with Crippen LogP contribution in [0.1, 0.15) is 28.0 Å². The topological polar surface area (TPSA) is 117 Å². The molecule has 0 saturated heterocycles. The van der Waals surface area contributed by atoms with Crippen LogP contribution in [0.25, 0.3) is 0 Å². The van der Waals surface area contributed by atoms with Gasteiger partial charge in [-0.15, -0.1) is 0 Å². The summed E-state index contributed by atoms with van der Waals surface area (Å²) in [6, 6.07) is 8.93. The average Bonchev–Trinajstić information content (AvgIpc) is 3.10. The molecule has 3 rings (SSSR count). The van der Waals surface area contributed by atoms with Gasteiger partial charge < -0.3 is 5.32 Å². The van der Waals surface area contributed by atoms with Crippen molar-refractivity contribution in [2.45, 2.75) is 24.7 Å². The largest absolute Gasteiger partial charge is 0.352 e. The summed E-state index contributed by atoms with van der Waals surface area (Å²) in [4.78, 5) is 16.1. The molecule has 0 aliphatic heterocycles. The van der Waals surface area contributed by atoms with Crippen LogP contribution in [0.4, 0.5) is 5.69 Å². The van der Waals surface area contributed by atoms with Crippen molar-refractivity contribution in [3.63, 3.8) is 0 Å². The van der Waals surface area contributed by atoms with Gasteiger partial charge in [0, 0.05) is 30.2 Å². The molecule has 0 bridgehead atoms. The third kappa shape index (κ3) is 4.95. The summed E-state index contributed by atoms with van der Waals surface area (Å²) in [5.41, 5.74) is 2.99. The molecule has 0 spiro atoms. The third-order valence-electron chi connectivity index (χ3n) is 4.20. The monoisotopic (exact) mass is 399 g/mol. The molecule has 0 unspecified atom stereocenters. The predicted molar refractivity (Wildman–Crippen MR) is 105 cm³/mol. The van der Waals surface area contributed by atoms with Crippen LogP contribution in [-0.4, -0.2) is 36.1 Å². The molecular formula is C19H21N5O3S. The summed E-state index contributed by atoms with van der Waals surface area (Å²) in [6.07, 6.45) is 6.39. The number of nitrogens with zero attached hydrogens (tertiary/aromatic N) is 2. The third-order valence-corrected chi connectivity index (χ3v) is 5.60. The second-order valence-corrected chi connectivity index (χ2v) is 7.93. The predicted octanol–water partition coefficient (Wildman–Crippen LogP) is 2.28. The highest BCUT2D eigenvalue weighted by Gasteiger charge is 2.15. The van der Waals surface area contributed by atoms with E-state index < -0.39 is 10.0 Å². The van der Waals surface area contributed by atoms with Crippen molar-refractivity contribution in [3.05, 3.63) is 71.8 Å². The SMILES string of the molecule is Cc1[nH]ncc1CCCNC(=O)c1ccc(S(=O)(=O)Nc2ccncc2)cc1. The number of pyridine rings is 1. The Hall–Kier alpha value is -3.20. The summed E-state index contributed by atoms with van der Waals surface area (Å²) in [6.45, 7) is 2.48. The molecular weight excluding hydrogens is 378 g/mol. The van der Waals surface area contributed by atoms with E-state index in [1.807, 2.05) is 6.92 Å². The number of aryl methyl sites for hydroxylation is 2. The quantitative estimate of drug-likeness (QED) is 0.503.